The lowest BCUT2D eigenvalue weighted by molar-refractivity contribution is -0.150. The third-order valence-corrected chi connectivity index (χ3v) is 15.5. The Hall–Kier alpha value is -5.88. The first-order valence-corrected chi connectivity index (χ1v) is 24.5. The highest BCUT2D eigenvalue weighted by atomic mass is 32.2. The van der Waals surface area contributed by atoms with E-state index in [4.69, 9.17) is 14.5 Å². The summed E-state index contributed by atoms with van der Waals surface area (Å²) >= 11 is 1.28. The molecule has 0 spiro atoms. The van der Waals surface area contributed by atoms with E-state index in [1.165, 1.54) is 22.3 Å². The Balaban J connectivity index is 1.10. The summed E-state index contributed by atoms with van der Waals surface area (Å²) in [7, 11) is -2.38. The molecule has 0 radical (unpaired) electrons. The molecule has 0 bridgehead atoms. The van der Waals surface area contributed by atoms with Gasteiger partial charge in [0.25, 0.3) is 5.91 Å². The number of sulfonamides is 1. The smallest absolute Gasteiger partial charge is 0.259 e. The van der Waals surface area contributed by atoms with Gasteiger partial charge in [-0.3, -0.25) is 28.7 Å². The molecule has 4 fully saturated rings. The number of hydrogen-bond donors (Lipinski definition) is 3. The molecule has 2 saturated heterocycles. The fraction of sp³-hybridized carbons (Fsp3) is 0.468. The fourth-order valence-electron chi connectivity index (χ4n) is 8.96. The largest absolute Gasteiger partial charge is 0.497 e. The Kier molecular flexibility index (Phi) is 12.8. The van der Waals surface area contributed by atoms with Crippen LogP contribution in [-0.4, -0.2) is 107 Å². The number of benzene rings is 2. The zero-order valence-electron chi connectivity index (χ0n) is 37.0. The van der Waals surface area contributed by atoms with Gasteiger partial charge in [0.05, 0.1) is 36.0 Å². The fourth-order valence-corrected chi connectivity index (χ4v) is 10.9. The molecule has 2 aromatic carbocycles. The number of fused-ring (bicyclic) bond motifs is 1. The molecule has 6 atom stereocenters. The van der Waals surface area contributed by atoms with Gasteiger partial charge < -0.3 is 29.9 Å². The van der Waals surface area contributed by atoms with Crippen LogP contribution < -0.4 is 24.8 Å². The minimum atomic E-state index is -3.95. The van der Waals surface area contributed by atoms with Crippen LogP contribution in [0.1, 0.15) is 72.1 Å². The molecule has 5 amide bonds. The van der Waals surface area contributed by atoms with Crippen LogP contribution in [0.25, 0.3) is 22.2 Å². The van der Waals surface area contributed by atoms with E-state index in [9.17, 15) is 27.6 Å². The number of nitrogens with zero attached hydrogens (tertiary/aromatic N) is 4. The maximum absolute atomic E-state index is 15.2. The van der Waals surface area contributed by atoms with Gasteiger partial charge in [-0.25, -0.2) is 18.4 Å². The van der Waals surface area contributed by atoms with Crippen molar-refractivity contribution >= 4 is 66.9 Å². The molecule has 2 saturated carbocycles. The van der Waals surface area contributed by atoms with Gasteiger partial charge in [-0.1, -0.05) is 57.2 Å². The van der Waals surface area contributed by atoms with Crippen molar-refractivity contribution in [3.63, 3.8) is 0 Å². The van der Waals surface area contributed by atoms with Gasteiger partial charge in [0, 0.05) is 60.0 Å². The number of aromatic nitrogens is 2. The zero-order valence-corrected chi connectivity index (χ0v) is 38.6. The Morgan fingerprint density at radius 2 is 1.77 bits per heavy atom. The van der Waals surface area contributed by atoms with Gasteiger partial charge in [-0.15, -0.1) is 17.9 Å². The minimum absolute atomic E-state index is 0.00494. The van der Waals surface area contributed by atoms with Crippen molar-refractivity contribution in [3.05, 3.63) is 78.8 Å². The van der Waals surface area contributed by atoms with Gasteiger partial charge in [-0.2, -0.15) is 0 Å². The zero-order chi connectivity index (χ0) is 46.3. The lowest BCUT2D eigenvalue weighted by Gasteiger charge is -2.38. The number of likely N-dealkylation sites (tertiary alicyclic amines) is 2. The van der Waals surface area contributed by atoms with Gasteiger partial charge in [-0.05, 0) is 56.1 Å². The maximum Gasteiger partial charge on any atom is 0.259 e. The van der Waals surface area contributed by atoms with E-state index in [0.717, 1.165) is 12.0 Å². The van der Waals surface area contributed by atoms with Crippen LogP contribution >= 0.6 is 11.3 Å². The minimum Gasteiger partial charge on any atom is -0.497 e. The number of piperidine rings is 1. The number of rotatable bonds is 15. The van der Waals surface area contributed by atoms with E-state index >= 15 is 4.79 Å². The van der Waals surface area contributed by atoms with Crippen molar-refractivity contribution in [2.75, 3.05) is 25.5 Å². The Labute approximate surface area is 382 Å². The number of carbonyl (C=O) groups excluding carboxylic acids is 5. The molecule has 4 aromatic rings. The number of carbonyl (C=O) groups is 5. The van der Waals surface area contributed by atoms with Crippen LogP contribution in [0.15, 0.2) is 78.8 Å². The van der Waals surface area contributed by atoms with Crippen molar-refractivity contribution in [1.29, 1.82) is 0 Å². The number of pyridine rings is 1. The highest BCUT2D eigenvalue weighted by Crippen LogP contribution is 2.46. The number of ether oxygens (including phenoxy) is 2. The first kappa shape index (κ1) is 45.7. The number of anilines is 1. The third kappa shape index (κ3) is 9.74. The molecule has 65 heavy (non-hydrogen) atoms. The third-order valence-electron chi connectivity index (χ3n) is 13.0. The van der Waals surface area contributed by atoms with E-state index in [2.05, 4.69) is 26.9 Å². The second-order valence-corrected chi connectivity index (χ2v) is 21.3. The summed E-state index contributed by atoms with van der Waals surface area (Å²) in [5.41, 5.74) is -0.328. The number of hydrogen-bond acceptors (Lipinski definition) is 12. The van der Waals surface area contributed by atoms with Crippen LogP contribution in [0.5, 0.6) is 11.5 Å². The van der Waals surface area contributed by atoms with Crippen molar-refractivity contribution in [1.82, 2.24) is 29.8 Å². The lowest BCUT2D eigenvalue weighted by Crippen LogP contribution is -2.57. The molecule has 16 nitrogen and oxygen atoms in total. The van der Waals surface area contributed by atoms with Crippen molar-refractivity contribution in [3.8, 4) is 22.8 Å². The van der Waals surface area contributed by atoms with Crippen LogP contribution in [0.4, 0.5) is 5.13 Å². The lowest BCUT2D eigenvalue weighted by atomic mass is 9.77. The molecular formula is C47H55N7O9S2. The van der Waals surface area contributed by atoms with Gasteiger partial charge in [0.1, 0.15) is 35.2 Å². The molecule has 4 aliphatic rings. The topological polar surface area (TPSA) is 206 Å². The molecule has 8 rings (SSSR count). The number of nitrogens with one attached hydrogen (secondary N) is 3. The molecule has 3 N–H and O–H groups in total. The van der Waals surface area contributed by atoms with Gasteiger partial charge in [0.2, 0.25) is 33.7 Å². The van der Waals surface area contributed by atoms with E-state index in [-0.39, 0.29) is 37.6 Å². The highest BCUT2D eigenvalue weighted by molar-refractivity contribution is 7.91. The predicted octanol–water partition coefficient (Wildman–Crippen LogP) is 5.46. The van der Waals surface area contributed by atoms with Crippen LogP contribution in [-0.2, 0) is 34.0 Å². The summed E-state index contributed by atoms with van der Waals surface area (Å²) in [4.78, 5) is 83.6. The number of amides is 5. The Morgan fingerprint density at radius 1 is 1.00 bits per heavy atom. The first-order valence-electron chi connectivity index (χ1n) is 22.0. The van der Waals surface area contributed by atoms with Crippen molar-refractivity contribution in [2.24, 2.45) is 17.3 Å². The normalized spacial score (nSPS) is 23.6. The Bertz CT molecular complexity index is 2600. The van der Waals surface area contributed by atoms with Gasteiger partial charge >= 0.3 is 0 Å². The molecule has 2 aliphatic heterocycles. The molecule has 4 heterocycles. The average molecular weight is 926 g/mol. The van der Waals surface area contributed by atoms with Crippen LogP contribution in [0.2, 0.25) is 0 Å². The molecule has 344 valence electrons. The van der Waals surface area contributed by atoms with E-state index in [0.29, 0.717) is 65.5 Å². The second-order valence-electron chi connectivity index (χ2n) is 18.5. The molecule has 18 heteroatoms. The van der Waals surface area contributed by atoms with E-state index in [1.54, 1.807) is 35.7 Å². The number of methoxy groups -OCH3 is 1. The number of thiazole rings is 1. The monoisotopic (exact) mass is 925 g/mol. The van der Waals surface area contributed by atoms with Gasteiger partial charge in [0.15, 0.2) is 5.13 Å². The molecule has 2 aliphatic carbocycles. The van der Waals surface area contributed by atoms with Crippen molar-refractivity contribution < 1.29 is 41.9 Å². The highest BCUT2D eigenvalue weighted by Gasteiger charge is 2.62. The van der Waals surface area contributed by atoms with Crippen LogP contribution in [0.3, 0.4) is 0 Å². The molecule has 2 aromatic heterocycles. The molecular weight excluding hydrogens is 871 g/mol. The SMILES string of the molecule is C=CC1C[C@]1(NC(=O)[C@@H]1C[C@@H](Oc2cc(-c3ccccc3)nc3cc(OC)ccc23)CN1C(=O)[C@@H](CC(=O)N1CCCC[C@H]1C(=O)Nc1nccs1)C(C)(C)C)C(=O)NS(=O)(=O)C1CC1. The summed E-state index contributed by atoms with van der Waals surface area (Å²) in [6, 6.07) is 14.9. The summed E-state index contributed by atoms with van der Waals surface area (Å²) in [6.45, 7) is 9.67. The van der Waals surface area contributed by atoms with Crippen molar-refractivity contribution in [2.45, 2.75) is 101 Å². The quantitative estimate of drug-likeness (QED) is 0.128. The first-order chi connectivity index (χ1) is 31.0. The predicted molar refractivity (Wildman–Crippen MR) is 245 cm³/mol. The van der Waals surface area contributed by atoms with E-state index in [1.807, 2.05) is 63.2 Å². The Morgan fingerprint density at radius 3 is 2.43 bits per heavy atom. The standard InChI is InChI=1S/C47H55N7O9S2/c1-6-29-26-47(29,44(59)52-65(60,61)32-16-17-32)51-42(57)38-23-31(63-39-25-35(28-12-8-7-9-13-28)49-36-22-30(62-5)15-18-33(36)39)27-54(38)43(58)34(46(2,3)4)24-40(55)53-20-11-10-14-37(53)41(56)50-45-48-19-21-64-45/h6-9,12-13,15,18-19,21-22,25,29,31-32,34,37-38H,1,10-11,14,16-17,20,23-24,26-27H2,2-5H3,(H,51,57)(H,52,59)(H,48,50,56)/t29?,31-,34-,37+,38+,47-/m1/s1. The average Bonchev–Trinajstić information content (AvgIpc) is 4.17. The summed E-state index contributed by atoms with van der Waals surface area (Å²) in [6.07, 6.45) is 5.01. The van der Waals surface area contributed by atoms with Crippen LogP contribution in [0, 0.1) is 17.3 Å². The summed E-state index contributed by atoms with van der Waals surface area (Å²) in [5.74, 6) is -3.16. The second kappa shape index (κ2) is 18.2. The molecule has 1 unspecified atom stereocenters. The maximum atomic E-state index is 15.2. The van der Waals surface area contributed by atoms with E-state index < -0.39 is 74.0 Å². The summed E-state index contributed by atoms with van der Waals surface area (Å²) < 4.78 is 40.3. The summed E-state index contributed by atoms with van der Waals surface area (Å²) in [5, 5.41) is 7.85.